The molecule has 0 saturated carbocycles. The molecule has 0 atom stereocenters. The fourth-order valence-corrected chi connectivity index (χ4v) is 5.37. The van der Waals surface area contributed by atoms with Crippen molar-refractivity contribution in [3.63, 3.8) is 0 Å². The van der Waals surface area contributed by atoms with Gasteiger partial charge in [-0.1, -0.05) is 12.5 Å². The van der Waals surface area contributed by atoms with Gasteiger partial charge in [0, 0.05) is 19.6 Å². The molecule has 1 aromatic rings. The van der Waals surface area contributed by atoms with Crippen molar-refractivity contribution in [1.82, 2.24) is 14.3 Å². The smallest absolute Gasteiger partial charge is 0.243 e. The van der Waals surface area contributed by atoms with Crippen LogP contribution in [-0.4, -0.2) is 54.4 Å². The number of piperidine rings is 1. The van der Waals surface area contributed by atoms with Crippen LogP contribution >= 0.6 is 0 Å². The van der Waals surface area contributed by atoms with Gasteiger partial charge in [0.15, 0.2) is 0 Å². The Labute approximate surface area is 144 Å². The Morgan fingerprint density at radius 3 is 2.33 bits per heavy atom. The number of hydrogen-bond donors (Lipinski definition) is 2. The van der Waals surface area contributed by atoms with Crippen molar-refractivity contribution in [2.24, 2.45) is 0 Å². The molecule has 1 aliphatic rings. The van der Waals surface area contributed by atoms with Gasteiger partial charge in [-0.3, -0.25) is 0 Å². The highest BCUT2D eigenvalue weighted by molar-refractivity contribution is 7.90. The van der Waals surface area contributed by atoms with E-state index in [0.29, 0.717) is 32.6 Å². The molecule has 0 amide bonds. The standard InChI is InChI=1S/C15H25N3O4S2/c1-16-9-6-10-17-23(19,20)14-7-5-8-15(13-14)24(21,22)18-11-3-2-4-12-18/h5,7-8,13,16-17H,2-4,6,9-12H2,1H3. The molecule has 1 heterocycles. The van der Waals surface area contributed by atoms with E-state index in [1.807, 2.05) is 0 Å². The van der Waals surface area contributed by atoms with E-state index in [4.69, 9.17) is 0 Å². The maximum atomic E-state index is 12.7. The topological polar surface area (TPSA) is 95.6 Å². The first kappa shape index (κ1) is 19.3. The van der Waals surface area contributed by atoms with Crippen molar-refractivity contribution in [3.8, 4) is 0 Å². The van der Waals surface area contributed by atoms with E-state index < -0.39 is 20.0 Å². The minimum Gasteiger partial charge on any atom is -0.320 e. The largest absolute Gasteiger partial charge is 0.320 e. The molecule has 1 aliphatic heterocycles. The molecule has 1 saturated heterocycles. The zero-order valence-corrected chi connectivity index (χ0v) is 15.5. The molecule has 136 valence electrons. The van der Waals surface area contributed by atoms with Crippen LogP contribution in [0.25, 0.3) is 0 Å². The number of benzene rings is 1. The summed E-state index contributed by atoms with van der Waals surface area (Å²) in [7, 11) is -5.56. The average molecular weight is 376 g/mol. The number of nitrogens with one attached hydrogen (secondary N) is 2. The molecular formula is C15H25N3O4S2. The van der Waals surface area contributed by atoms with Gasteiger partial charge < -0.3 is 5.32 Å². The van der Waals surface area contributed by atoms with Crippen molar-refractivity contribution in [2.45, 2.75) is 35.5 Å². The van der Waals surface area contributed by atoms with E-state index in [9.17, 15) is 16.8 Å². The molecule has 0 aliphatic carbocycles. The fraction of sp³-hybridized carbons (Fsp3) is 0.600. The summed E-state index contributed by atoms with van der Waals surface area (Å²) >= 11 is 0. The van der Waals surface area contributed by atoms with Gasteiger partial charge in [-0.15, -0.1) is 0 Å². The van der Waals surface area contributed by atoms with E-state index in [1.54, 1.807) is 7.05 Å². The Morgan fingerprint density at radius 1 is 1.00 bits per heavy atom. The van der Waals surface area contributed by atoms with Crippen LogP contribution in [0.2, 0.25) is 0 Å². The van der Waals surface area contributed by atoms with Crippen LogP contribution in [0.3, 0.4) is 0 Å². The average Bonchev–Trinajstić information content (AvgIpc) is 2.60. The SMILES string of the molecule is CNCCCNS(=O)(=O)c1cccc(S(=O)(=O)N2CCCCC2)c1. The van der Waals surface area contributed by atoms with Gasteiger partial charge in [0.2, 0.25) is 20.0 Å². The summed E-state index contributed by atoms with van der Waals surface area (Å²) in [5.41, 5.74) is 0. The van der Waals surface area contributed by atoms with Crippen LogP contribution in [0.15, 0.2) is 34.1 Å². The Bertz CT molecular complexity index is 742. The number of sulfonamides is 2. The van der Waals surface area contributed by atoms with Gasteiger partial charge >= 0.3 is 0 Å². The van der Waals surface area contributed by atoms with Gasteiger partial charge in [-0.25, -0.2) is 21.6 Å². The van der Waals surface area contributed by atoms with Gasteiger partial charge in [0.25, 0.3) is 0 Å². The van der Waals surface area contributed by atoms with Gasteiger partial charge in [0.1, 0.15) is 0 Å². The van der Waals surface area contributed by atoms with Crippen molar-refractivity contribution in [2.75, 3.05) is 33.2 Å². The summed E-state index contributed by atoms with van der Waals surface area (Å²) in [5, 5.41) is 2.94. The maximum absolute atomic E-state index is 12.7. The number of nitrogens with zero attached hydrogens (tertiary/aromatic N) is 1. The first-order valence-corrected chi connectivity index (χ1v) is 11.0. The van der Waals surface area contributed by atoms with E-state index in [2.05, 4.69) is 10.0 Å². The second kappa shape index (κ2) is 8.39. The predicted molar refractivity (Wildman–Crippen MR) is 92.8 cm³/mol. The summed E-state index contributed by atoms with van der Waals surface area (Å²) < 4.78 is 53.9. The second-order valence-electron chi connectivity index (χ2n) is 5.79. The Morgan fingerprint density at radius 2 is 1.67 bits per heavy atom. The number of hydrogen-bond acceptors (Lipinski definition) is 5. The Hall–Kier alpha value is -1.00. The molecule has 0 bridgehead atoms. The highest BCUT2D eigenvalue weighted by Gasteiger charge is 2.27. The zero-order valence-electron chi connectivity index (χ0n) is 13.9. The molecule has 1 fully saturated rings. The summed E-state index contributed by atoms with van der Waals surface area (Å²) in [4.78, 5) is 0.00698. The first-order chi connectivity index (χ1) is 11.4. The second-order valence-corrected chi connectivity index (χ2v) is 9.50. The third-order valence-electron chi connectivity index (χ3n) is 3.96. The lowest BCUT2D eigenvalue weighted by Crippen LogP contribution is -2.35. The first-order valence-electron chi connectivity index (χ1n) is 8.12. The van der Waals surface area contributed by atoms with E-state index in [1.165, 1.54) is 28.6 Å². The zero-order chi connectivity index (χ0) is 17.6. The summed E-state index contributed by atoms with van der Waals surface area (Å²) in [6.45, 7) is 1.97. The maximum Gasteiger partial charge on any atom is 0.243 e. The molecular weight excluding hydrogens is 350 g/mol. The van der Waals surface area contributed by atoms with Crippen LogP contribution in [-0.2, 0) is 20.0 Å². The van der Waals surface area contributed by atoms with Gasteiger partial charge in [-0.2, -0.15) is 4.31 Å². The van der Waals surface area contributed by atoms with Crippen molar-refractivity contribution in [3.05, 3.63) is 24.3 Å². The normalized spacial score (nSPS) is 17.0. The molecule has 0 spiro atoms. The lowest BCUT2D eigenvalue weighted by atomic mass is 10.2. The Kier molecular flexibility index (Phi) is 6.76. The minimum absolute atomic E-state index is 0.0231. The van der Waals surface area contributed by atoms with Crippen molar-refractivity contribution >= 4 is 20.0 Å². The van der Waals surface area contributed by atoms with E-state index in [0.717, 1.165) is 19.3 Å². The molecule has 0 aromatic heterocycles. The third kappa shape index (κ3) is 4.76. The van der Waals surface area contributed by atoms with Crippen molar-refractivity contribution in [1.29, 1.82) is 0 Å². The quantitative estimate of drug-likeness (QED) is 0.654. The highest BCUT2D eigenvalue weighted by atomic mass is 32.2. The Balaban J connectivity index is 2.18. The minimum atomic E-state index is -3.71. The number of rotatable bonds is 8. The highest BCUT2D eigenvalue weighted by Crippen LogP contribution is 2.22. The van der Waals surface area contributed by atoms with E-state index in [-0.39, 0.29) is 9.79 Å². The van der Waals surface area contributed by atoms with Crippen LogP contribution in [0, 0.1) is 0 Å². The third-order valence-corrected chi connectivity index (χ3v) is 7.32. The molecule has 24 heavy (non-hydrogen) atoms. The molecule has 0 unspecified atom stereocenters. The van der Waals surface area contributed by atoms with Crippen LogP contribution in [0.4, 0.5) is 0 Å². The molecule has 1 aromatic carbocycles. The molecule has 2 rings (SSSR count). The van der Waals surface area contributed by atoms with Gasteiger partial charge in [-0.05, 0) is 51.1 Å². The van der Waals surface area contributed by atoms with E-state index >= 15 is 0 Å². The molecule has 0 radical (unpaired) electrons. The predicted octanol–water partition coefficient (Wildman–Crippen LogP) is 0.749. The van der Waals surface area contributed by atoms with Gasteiger partial charge in [0.05, 0.1) is 9.79 Å². The van der Waals surface area contributed by atoms with Crippen LogP contribution in [0.5, 0.6) is 0 Å². The monoisotopic (exact) mass is 375 g/mol. The fourth-order valence-electron chi connectivity index (χ4n) is 2.61. The lowest BCUT2D eigenvalue weighted by molar-refractivity contribution is 0.346. The summed E-state index contributed by atoms with van der Waals surface area (Å²) in [6.07, 6.45) is 3.35. The summed E-state index contributed by atoms with van der Waals surface area (Å²) in [5.74, 6) is 0. The van der Waals surface area contributed by atoms with Crippen molar-refractivity contribution < 1.29 is 16.8 Å². The van der Waals surface area contributed by atoms with Crippen LogP contribution < -0.4 is 10.0 Å². The lowest BCUT2D eigenvalue weighted by Gasteiger charge is -2.26. The molecule has 9 heteroatoms. The molecule has 2 N–H and O–H groups in total. The van der Waals surface area contributed by atoms with Crippen LogP contribution in [0.1, 0.15) is 25.7 Å². The molecule has 7 nitrogen and oxygen atoms in total. The summed E-state index contributed by atoms with van der Waals surface area (Å²) in [6, 6.07) is 5.57.